The van der Waals surface area contributed by atoms with Gasteiger partial charge in [0.15, 0.2) is 0 Å². The van der Waals surface area contributed by atoms with Crippen LogP contribution in [0.1, 0.15) is 19.8 Å². The Morgan fingerprint density at radius 2 is 2.36 bits per heavy atom. The molecular weight excluding hydrogens is 162 g/mol. The van der Waals surface area contributed by atoms with Gasteiger partial charge in [-0.25, -0.2) is 0 Å². The lowest BCUT2D eigenvalue weighted by Gasteiger charge is -2.01. The number of rotatable bonds is 4. The number of hydrogen-bond donors (Lipinski definition) is 1. The molecule has 0 radical (unpaired) electrons. The highest BCUT2D eigenvalue weighted by Crippen LogP contribution is 2.36. The Hall–Kier alpha value is -0.240. The van der Waals surface area contributed by atoms with Crippen molar-refractivity contribution in [3.05, 3.63) is 0 Å². The van der Waals surface area contributed by atoms with Crippen molar-refractivity contribution in [2.45, 2.75) is 19.8 Å². The molecule has 0 bridgehead atoms. The van der Waals surface area contributed by atoms with Gasteiger partial charge in [-0.2, -0.15) is 0 Å². The van der Waals surface area contributed by atoms with Gasteiger partial charge in [0.05, 0.1) is 0 Å². The average Bonchev–Trinajstić information content (AvgIpc) is 2.63. The van der Waals surface area contributed by atoms with Crippen LogP contribution in [0.3, 0.4) is 0 Å². The largest absolute Gasteiger partial charge is 0.356 e. The number of alkyl halides is 1. The van der Waals surface area contributed by atoms with Gasteiger partial charge in [0.25, 0.3) is 0 Å². The van der Waals surface area contributed by atoms with Crippen LogP contribution in [-0.2, 0) is 4.79 Å². The van der Waals surface area contributed by atoms with Crippen LogP contribution >= 0.6 is 11.6 Å². The zero-order valence-electron chi connectivity index (χ0n) is 6.77. The first-order chi connectivity index (χ1) is 5.24. The van der Waals surface area contributed by atoms with Gasteiger partial charge in [0.1, 0.15) is 0 Å². The smallest absolute Gasteiger partial charge is 0.221 e. The van der Waals surface area contributed by atoms with Crippen molar-refractivity contribution in [3.63, 3.8) is 0 Å². The summed E-state index contributed by atoms with van der Waals surface area (Å²) in [5.74, 6) is 2.05. The zero-order valence-corrected chi connectivity index (χ0v) is 7.53. The van der Waals surface area contributed by atoms with Crippen LogP contribution in [0.4, 0.5) is 0 Å². The van der Waals surface area contributed by atoms with E-state index in [4.69, 9.17) is 11.6 Å². The molecule has 1 amide bonds. The van der Waals surface area contributed by atoms with E-state index in [2.05, 4.69) is 12.2 Å². The molecule has 1 N–H and O–H groups in total. The average molecular weight is 176 g/mol. The van der Waals surface area contributed by atoms with E-state index in [-0.39, 0.29) is 5.91 Å². The van der Waals surface area contributed by atoms with Crippen LogP contribution < -0.4 is 5.32 Å². The number of carbonyl (C=O) groups is 1. The highest BCUT2D eigenvalue weighted by Gasteiger charge is 2.32. The molecule has 0 aliphatic heterocycles. The molecule has 0 aromatic heterocycles. The fraction of sp³-hybridized carbons (Fsp3) is 0.875. The van der Waals surface area contributed by atoms with E-state index in [0.29, 0.717) is 12.3 Å². The maximum absolute atomic E-state index is 10.9. The van der Waals surface area contributed by atoms with Gasteiger partial charge in [0.2, 0.25) is 5.91 Å². The summed E-state index contributed by atoms with van der Waals surface area (Å²) in [4.78, 5) is 10.9. The Labute approximate surface area is 72.3 Å². The predicted molar refractivity (Wildman–Crippen MR) is 45.6 cm³/mol. The second-order valence-electron chi connectivity index (χ2n) is 3.22. The minimum absolute atomic E-state index is 0.0825. The fourth-order valence-electron chi connectivity index (χ4n) is 1.10. The summed E-state index contributed by atoms with van der Waals surface area (Å²) < 4.78 is 0. The minimum atomic E-state index is 0.0825. The number of hydrogen-bond acceptors (Lipinski definition) is 1. The summed E-state index contributed by atoms with van der Waals surface area (Å²) in [6.07, 6.45) is 1.71. The Balaban J connectivity index is 1.98. The standard InChI is InChI=1S/C8H14ClNO/c1-6-4-7(6)5-10-8(11)2-3-9/h6-7H,2-5H2,1H3,(H,10,11). The van der Waals surface area contributed by atoms with Crippen LogP contribution in [0, 0.1) is 11.8 Å². The van der Waals surface area contributed by atoms with E-state index in [1.807, 2.05) is 0 Å². The highest BCUT2D eigenvalue weighted by atomic mass is 35.5. The molecule has 11 heavy (non-hydrogen) atoms. The molecule has 1 rings (SSSR count). The van der Waals surface area contributed by atoms with Gasteiger partial charge < -0.3 is 5.32 Å². The number of carbonyl (C=O) groups excluding carboxylic acids is 1. The molecule has 3 heteroatoms. The van der Waals surface area contributed by atoms with Crippen LogP contribution in [-0.4, -0.2) is 18.3 Å². The third-order valence-corrected chi connectivity index (χ3v) is 2.35. The van der Waals surface area contributed by atoms with Crippen molar-refractivity contribution >= 4 is 17.5 Å². The zero-order chi connectivity index (χ0) is 8.27. The summed E-state index contributed by atoms with van der Waals surface area (Å²) in [6, 6.07) is 0. The topological polar surface area (TPSA) is 29.1 Å². The van der Waals surface area contributed by atoms with Crippen LogP contribution in [0.25, 0.3) is 0 Å². The first-order valence-electron chi connectivity index (χ1n) is 4.06. The van der Waals surface area contributed by atoms with E-state index in [1.54, 1.807) is 0 Å². The lowest BCUT2D eigenvalue weighted by atomic mass is 10.3. The van der Waals surface area contributed by atoms with Crippen molar-refractivity contribution in [3.8, 4) is 0 Å². The van der Waals surface area contributed by atoms with Crippen molar-refractivity contribution in [1.82, 2.24) is 5.32 Å². The molecule has 0 heterocycles. The molecule has 0 aromatic carbocycles. The van der Waals surface area contributed by atoms with E-state index in [9.17, 15) is 4.79 Å². The van der Waals surface area contributed by atoms with Gasteiger partial charge in [-0.05, 0) is 18.3 Å². The molecule has 1 saturated carbocycles. The van der Waals surface area contributed by atoms with E-state index in [1.165, 1.54) is 6.42 Å². The number of amides is 1. The monoisotopic (exact) mass is 175 g/mol. The second kappa shape index (κ2) is 3.96. The van der Waals surface area contributed by atoms with Gasteiger partial charge >= 0.3 is 0 Å². The Bertz CT molecular complexity index is 149. The summed E-state index contributed by atoms with van der Waals surface area (Å²) in [5, 5.41) is 2.85. The van der Waals surface area contributed by atoms with E-state index in [0.717, 1.165) is 18.4 Å². The third kappa shape index (κ3) is 3.10. The summed E-state index contributed by atoms with van der Waals surface area (Å²) in [7, 11) is 0. The fourth-order valence-corrected chi connectivity index (χ4v) is 1.27. The van der Waals surface area contributed by atoms with Crippen molar-refractivity contribution in [1.29, 1.82) is 0 Å². The predicted octanol–water partition coefficient (Wildman–Crippen LogP) is 1.39. The summed E-state index contributed by atoms with van der Waals surface area (Å²) in [6.45, 7) is 3.05. The van der Waals surface area contributed by atoms with Gasteiger partial charge in [-0.3, -0.25) is 4.79 Å². The van der Waals surface area contributed by atoms with Crippen molar-refractivity contribution < 1.29 is 4.79 Å². The highest BCUT2D eigenvalue weighted by molar-refractivity contribution is 6.18. The SMILES string of the molecule is CC1CC1CNC(=O)CCCl. The summed E-state index contributed by atoms with van der Waals surface area (Å²) in [5.41, 5.74) is 0. The molecule has 2 unspecified atom stereocenters. The molecule has 2 nitrogen and oxygen atoms in total. The molecule has 1 aliphatic rings. The van der Waals surface area contributed by atoms with Gasteiger partial charge in [-0.15, -0.1) is 11.6 Å². The van der Waals surface area contributed by atoms with Gasteiger partial charge in [-0.1, -0.05) is 6.92 Å². The molecule has 0 spiro atoms. The van der Waals surface area contributed by atoms with Gasteiger partial charge in [0, 0.05) is 18.8 Å². The molecule has 0 aromatic rings. The Kier molecular flexibility index (Phi) is 3.18. The first-order valence-corrected chi connectivity index (χ1v) is 4.60. The quantitative estimate of drug-likeness (QED) is 0.643. The van der Waals surface area contributed by atoms with Crippen molar-refractivity contribution in [2.24, 2.45) is 11.8 Å². The molecule has 64 valence electrons. The molecule has 1 aliphatic carbocycles. The molecule has 0 saturated heterocycles. The Morgan fingerprint density at radius 1 is 1.73 bits per heavy atom. The van der Waals surface area contributed by atoms with Crippen LogP contribution in [0.15, 0.2) is 0 Å². The number of nitrogens with one attached hydrogen (secondary N) is 1. The Morgan fingerprint density at radius 3 is 2.82 bits per heavy atom. The maximum atomic E-state index is 10.9. The number of halogens is 1. The molecule has 1 fully saturated rings. The molecular formula is C8H14ClNO. The summed E-state index contributed by atoms with van der Waals surface area (Å²) >= 11 is 5.40. The minimum Gasteiger partial charge on any atom is -0.356 e. The normalized spacial score (nSPS) is 28.2. The lowest BCUT2D eigenvalue weighted by molar-refractivity contribution is -0.120. The van der Waals surface area contributed by atoms with Crippen LogP contribution in [0.2, 0.25) is 0 Å². The van der Waals surface area contributed by atoms with Crippen molar-refractivity contribution in [2.75, 3.05) is 12.4 Å². The lowest BCUT2D eigenvalue weighted by Crippen LogP contribution is -2.25. The first kappa shape index (κ1) is 8.85. The molecule has 2 atom stereocenters. The van der Waals surface area contributed by atoms with E-state index >= 15 is 0 Å². The second-order valence-corrected chi connectivity index (χ2v) is 3.59. The maximum Gasteiger partial charge on any atom is 0.221 e. The third-order valence-electron chi connectivity index (χ3n) is 2.16. The van der Waals surface area contributed by atoms with E-state index < -0.39 is 0 Å². The van der Waals surface area contributed by atoms with Crippen LogP contribution in [0.5, 0.6) is 0 Å².